The summed E-state index contributed by atoms with van der Waals surface area (Å²) in [5.74, 6) is -0.0494. The first kappa shape index (κ1) is 18.5. The van der Waals surface area contributed by atoms with Crippen molar-refractivity contribution in [2.75, 3.05) is 0 Å². The van der Waals surface area contributed by atoms with Crippen LogP contribution in [0.2, 0.25) is 0 Å². The second kappa shape index (κ2) is 7.64. The Hall–Kier alpha value is -3.86. The third kappa shape index (κ3) is 3.89. The molecule has 1 heterocycles. The number of hydrogen-bond donors (Lipinski definition) is 0. The van der Waals surface area contributed by atoms with Gasteiger partial charge in [-0.05, 0) is 35.4 Å². The molecule has 1 aromatic heterocycles. The highest BCUT2D eigenvalue weighted by molar-refractivity contribution is 5.90. The highest BCUT2D eigenvalue weighted by Crippen LogP contribution is 2.33. The fraction of sp³-hybridized carbons (Fsp3) is 0.0833. The Labute approximate surface area is 166 Å². The Bertz CT molecular complexity index is 1290. The van der Waals surface area contributed by atoms with E-state index >= 15 is 0 Å². The van der Waals surface area contributed by atoms with Gasteiger partial charge in [-0.25, -0.2) is 9.59 Å². The molecule has 144 valence electrons. The van der Waals surface area contributed by atoms with E-state index in [0.29, 0.717) is 16.7 Å². The maximum absolute atomic E-state index is 12.0. The molecule has 4 aromatic rings. The first-order valence-corrected chi connectivity index (χ1v) is 9.06. The van der Waals surface area contributed by atoms with Gasteiger partial charge in [0.15, 0.2) is 11.5 Å². The van der Waals surface area contributed by atoms with Gasteiger partial charge in [0.2, 0.25) is 0 Å². The molecule has 29 heavy (non-hydrogen) atoms. The number of fused-ring (bicyclic) bond motifs is 2. The molecular formula is C24H18O5. The molecule has 4 rings (SSSR count). The predicted molar refractivity (Wildman–Crippen MR) is 111 cm³/mol. The number of carbonyl (C=O) groups is 1. The van der Waals surface area contributed by atoms with Gasteiger partial charge in [-0.15, -0.1) is 0 Å². The van der Waals surface area contributed by atoms with E-state index in [1.54, 1.807) is 19.1 Å². The van der Waals surface area contributed by atoms with Gasteiger partial charge < -0.3 is 13.9 Å². The summed E-state index contributed by atoms with van der Waals surface area (Å²) in [4.78, 5) is 23.6. The van der Waals surface area contributed by atoms with E-state index in [1.807, 2.05) is 42.5 Å². The lowest BCUT2D eigenvalue weighted by Gasteiger charge is -2.14. The summed E-state index contributed by atoms with van der Waals surface area (Å²) >= 11 is 0. The molecule has 0 aliphatic rings. The van der Waals surface area contributed by atoms with Crippen LogP contribution in [-0.2, 0) is 11.4 Å². The second-order valence-corrected chi connectivity index (χ2v) is 6.69. The maximum atomic E-state index is 12.0. The topological polar surface area (TPSA) is 65.7 Å². The molecule has 0 saturated carbocycles. The van der Waals surface area contributed by atoms with Crippen molar-refractivity contribution in [3.8, 4) is 11.5 Å². The number of hydrogen-bond acceptors (Lipinski definition) is 5. The van der Waals surface area contributed by atoms with Crippen molar-refractivity contribution in [2.24, 2.45) is 0 Å². The van der Waals surface area contributed by atoms with E-state index in [-0.39, 0.29) is 17.9 Å². The first-order chi connectivity index (χ1) is 14.0. The molecule has 0 unspecified atom stereocenters. The lowest BCUT2D eigenvalue weighted by molar-refractivity contribution is -0.130. The molecular weight excluding hydrogens is 368 g/mol. The van der Waals surface area contributed by atoms with Crippen LogP contribution in [0.25, 0.3) is 21.7 Å². The molecule has 0 saturated heterocycles. The third-order valence-corrected chi connectivity index (χ3v) is 4.50. The van der Waals surface area contributed by atoms with Gasteiger partial charge in [0.1, 0.15) is 12.2 Å². The Balaban J connectivity index is 1.72. The van der Waals surface area contributed by atoms with E-state index in [4.69, 9.17) is 13.9 Å². The standard InChI is InChI=1S/C24H18O5/c1-15(2)24(26)29-22-13-20-17(10-11-23(25)28-20)12-21(22)27-14-18-8-5-7-16-6-3-4-9-19(16)18/h3-13H,1,14H2,2H3. The Morgan fingerprint density at radius 1 is 0.966 bits per heavy atom. The zero-order valence-electron chi connectivity index (χ0n) is 15.8. The smallest absolute Gasteiger partial charge is 0.338 e. The van der Waals surface area contributed by atoms with Crippen molar-refractivity contribution in [1.82, 2.24) is 0 Å². The van der Waals surface area contributed by atoms with Crippen LogP contribution < -0.4 is 15.1 Å². The van der Waals surface area contributed by atoms with Gasteiger partial charge in [-0.2, -0.15) is 0 Å². The molecule has 0 N–H and O–H groups in total. The Morgan fingerprint density at radius 2 is 1.76 bits per heavy atom. The summed E-state index contributed by atoms with van der Waals surface area (Å²) in [6, 6.07) is 20.2. The maximum Gasteiger partial charge on any atom is 0.338 e. The molecule has 0 aliphatic heterocycles. The van der Waals surface area contributed by atoms with Gasteiger partial charge in [-0.1, -0.05) is 49.0 Å². The predicted octanol–water partition coefficient (Wildman–Crippen LogP) is 5.01. The van der Waals surface area contributed by atoms with Gasteiger partial charge in [0, 0.05) is 23.1 Å². The SMILES string of the molecule is C=C(C)C(=O)Oc1cc2oc(=O)ccc2cc1OCc1cccc2ccccc12. The molecule has 0 spiro atoms. The number of benzene rings is 3. The van der Waals surface area contributed by atoms with Crippen LogP contribution in [0.1, 0.15) is 12.5 Å². The lowest BCUT2D eigenvalue weighted by atomic mass is 10.1. The molecule has 5 heteroatoms. The van der Waals surface area contributed by atoms with E-state index in [9.17, 15) is 9.59 Å². The average Bonchev–Trinajstić information content (AvgIpc) is 2.72. The summed E-state index contributed by atoms with van der Waals surface area (Å²) in [6.45, 7) is 5.43. The minimum Gasteiger partial charge on any atom is -0.485 e. The number of esters is 1. The van der Waals surface area contributed by atoms with Crippen molar-refractivity contribution in [3.63, 3.8) is 0 Å². The highest BCUT2D eigenvalue weighted by atomic mass is 16.6. The van der Waals surface area contributed by atoms with Crippen molar-refractivity contribution >= 4 is 27.7 Å². The minimum absolute atomic E-state index is 0.167. The molecule has 0 radical (unpaired) electrons. The summed E-state index contributed by atoms with van der Waals surface area (Å²) < 4.78 is 16.6. The van der Waals surface area contributed by atoms with E-state index in [2.05, 4.69) is 6.58 Å². The van der Waals surface area contributed by atoms with Crippen molar-refractivity contribution in [1.29, 1.82) is 0 Å². The minimum atomic E-state index is -0.586. The first-order valence-electron chi connectivity index (χ1n) is 9.06. The molecule has 5 nitrogen and oxygen atoms in total. The zero-order chi connectivity index (χ0) is 20.4. The molecule has 0 amide bonds. The largest absolute Gasteiger partial charge is 0.485 e. The lowest BCUT2D eigenvalue weighted by Crippen LogP contribution is -2.10. The van der Waals surface area contributed by atoms with Crippen LogP contribution in [0.15, 0.2) is 88.1 Å². The van der Waals surface area contributed by atoms with Crippen molar-refractivity contribution in [3.05, 3.63) is 94.9 Å². The summed E-state index contributed by atoms with van der Waals surface area (Å²) in [5, 5.41) is 2.86. The van der Waals surface area contributed by atoms with Crippen LogP contribution >= 0.6 is 0 Å². The van der Waals surface area contributed by atoms with Gasteiger partial charge in [0.05, 0.1) is 0 Å². The molecule has 0 aliphatic carbocycles. The fourth-order valence-corrected chi connectivity index (χ4v) is 3.03. The third-order valence-electron chi connectivity index (χ3n) is 4.50. The van der Waals surface area contributed by atoms with Crippen LogP contribution in [0.4, 0.5) is 0 Å². The van der Waals surface area contributed by atoms with Gasteiger partial charge in [0.25, 0.3) is 0 Å². The normalized spacial score (nSPS) is 10.8. The van der Waals surface area contributed by atoms with Crippen LogP contribution in [-0.4, -0.2) is 5.97 Å². The monoisotopic (exact) mass is 386 g/mol. The number of ether oxygens (including phenoxy) is 2. The second-order valence-electron chi connectivity index (χ2n) is 6.69. The van der Waals surface area contributed by atoms with Gasteiger partial charge >= 0.3 is 11.6 Å². The fourth-order valence-electron chi connectivity index (χ4n) is 3.03. The summed E-state index contributed by atoms with van der Waals surface area (Å²) in [6.07, 6.45) is 0. The van der Waals surface area contributed by atoms with Crippen LogP contribution in [0, 0.1) is 0 Å². The van der Waals surface area contributed by atoms with Crippen molar-refractivity contribution in [2.45, 2.75) is 13.5 Å². The van der Waals surface area contributed by atoms with Crippen LogP contribution in [0.3, 0.4) is 0 Å². The Morgan fingerprint density at radius 3 is 2.59 bits per heavy atom. The molecule has 0 bridgehead atoms. The van der Waals surface area contributed by atoms with E-state index in [1.165, 1.54) is 12.1 Å². The van der Waals surface area contributed by atoms with E-state index in [0.717, 1.165) is 16.3 Å². The highest BCUT2D eigenvalue weighted by Gasteiger charge is 2.15. The molecule has 3 aromatic carbocycles. The number of carbonyl (C=O) groups excluding carboxylic acids is 1. The summed E-state index contributed by atoms with van der Waals surface area (Å²) in [5.41, 5.74) is 1.07. The number of rotatable bonds is 5. The average molecular weight is 386 g/mol. The van der Waals surface area contributed by atoms with E-state index < -0.39 is 11.6 Å². The molecule has 0 atom stereocenters. The quantitative estimate of drug-likeness (QED) is 0.209. The Kier molecular flexibility index (Phi) is 4.87. The van der Waals surface area contributed by atoms with Crippen LogP contribution in [0.5, 0.6) is 11.5 Å². The summed E-state index contributed by atoms with van der Waals surface area (Å²) in [7, 11) is 0. The van der Waals surface area contributed by atoms with Gasteiger partial charge in [-0.3, -0.25) is 0 Å². The zero-order valence-corrected chi connectivity index (χ0v) is 15.8. The van der Waals surface area contributed by atoms with Crippen molar-refractivity contribution < 1.29 is 18.7 Å². The molecule has 0 fully saturated rings.